The van der Waals surface area contributed by atoms with Crippen molar-refractivity contribution in [3.8, 4) is 0 Å². The van der Waals surface area contributed by atoms with E-state index in [9.17, 15) is 52.7 Å². The molecule has 0 aromatic heterocycles. The van der Waals surface area contributed by atoms with Crippen LogP contribution in [0, 0.1) is 0 Å². The average Bonchev–Trinajstić information content (AvgIpc) is 3.02. The SMILES string of the molecule is CC(C)[N+](=C(NCC(F)F)NCC(F)F)C(C)C.CC(C)[N+](=C(NCC(F)F)NCC(F)F)C(C)C.CC(C)[N+](=C(NCC(F)F)NCC(F)F)C(C)C.O=P([O-])([O-])[O-]. The van der Waals surface area contributed by atoms with Gasteiger partial charge in [-0.2, -0.15) is 7.82 Å². The fourth-order valence-corrected chi connectivity index (χ4v) is 5.12. The second-order valence-electron chi connectivity index (χ2n) is 13.9. The second kappa shape index (κ2) is 33.8. The molecule has 26 heteroatoms. The number of nitrogens with one attached hydrogen (secondary N) is 6. The molecule has 0 fully saturated rings. The molecule has 0 saturated carbocycles. The highest BCUT2D eigenvalue weighted by molar-refractivity contribution is 7.40. The molecule has 6 N–H and O–H groups in total. The number of guanidine groups is 3. The Bertz CT molecular complexity index is 1020. The van der Waals surface area contributed by atoms with Crippen LogP contribution in [0.1, 0.15) is 83.1 Å². The summed E-state index contributed by atoms with van der Waals surface area (Å²) in [5.74, 6) is 0.668. The van der Waals surface area contributed by atoms with Crippen molar-refractivity contribution in [2.75, 3.05) is 39.3 Å². The molecule has 0 bridgehead atoms. The number of hydrogen-bond donors (Lipinski definition) is 6. The number of alkyl halides is 12. The molecule has 0 heterocycles. The van der Waals surface area contributed by atoms with Crippen LogP contribution < -0.4 is 46.6 Å². The van der Waals surface area contributed by atoms with Crippen molar-refractivity contribution in [3.05, 3.63) is 0 Å². The van der Waals surface area contributed by atoms with Gasteiger partial charge in [-0.1, -0.05) is 0 Å². The lowest BCUT2D eigenvalue weighted by atomic mass is 10.3. The van der Waals surface area contributed by atoms with E-state index in [2.05, 4.69) is 31.9 Å². The topological polar surface area (TPSA) is 167 Å². The van der Waals surface area contributed by atoms with E-state index in [1.165, 1.54) is 0 Å². The Morgan fingerprint density at radius 2 is 0.458 bits per heavy atom. The van der Waals surface area contributed by atoms with Crippen molar-refractivity contribution in [1.82, 2.24) is 31.9 Å². The Balaban J connectivity index is -0.000000362. The summed E-state index contributed by atoms with van der Waals surface area (Å²) in [5.41, 5.74) is 0. The number of hydrogen-bond acceptors (Lipinski definition) is 4. The van der Waals surface area contributed by atoms with Crippen LogP contribution in [0.25, 0.3) is 0 Å². The summed E-state index contributed by atoms with van der Waals surface area (Å²) in [4.78, 5) is 25.6. The zero-order valence-corrected chi connectivity index (χ0v) is 36.5. The molecule has 0 radical (unpaired) electrons. The van der Waals surface area contributed by atoms with Gasteiger partial charge in [0.25, 0.3) is 38.6 Å². The first-order valence-corrected chi connectivity index (χ1v) is 20.0. The molecular weight excluding hydrogens is 845 g/mol. The lowest BCUT2D eigenvalue weighted by Gasteiger charge is -2.36. The molecule has 0 atom stereocenters. The van der Waals surface area contributed by atoms with Crippen LogP contribution in [-0.2, 0) is 4.57 Å². The van der Waals surface area contributed by atoms with Crippen molar-refractivity contribution in [2.45, 2.75) is 158 Å². The van der Waals surface area contributed by atoms with Gasteiger partial charge >= 0.3 is 17.9 Å². The first kappa shape index (κ1) is 62.7. The van der Waals surface area contributed by atoms with Gasteiger partial charge in [-0.25, -0.2) is 52.7 Å². The third kappa shape index (κ3) is 39.0. The highest BCUT2D eigenvalue weighted by Gasteiger charge is 2.24. The van der Waals surface area contributed by atoms with Crippen molar-refractivity contribution in [1.29, 1.82) is 0 Å². The Morgan fingerprint density at radius 3 is 0.525 bits per heavy atom. The molecule has 59 heavy (non-hydrogen) atoms. The fraction of sp³-hybridized carbons (Fsp3) is 0.909. The zero-order valence-electron chi connectivity index (χ0n) is 35.6. The van der Waals surface area contributed by atoms with E-state index < -0.39 is 85.6 Å². The Morgan fingerprint density at radius 1 is 0.356 bits per heavy atom. The lowest BCUT2D eigenvalue weighted by Crippen LogP contribution is -2.51. The zero-order chi connectivity index (χ0) is 47.4. The van der Waals surface area contributed by atoms with Crippen LogP contribution in [0.4, 0.5) is 52.7 Å². The van der Waals surface area contributed by atoms with Gasteiger partial charge in [-0.05, 0) is 83.1 Å². The molecule has 0 saturated heterocycles. The maximum Gasteiger partial charge on any atom is 0.346 e. The van der Waals surface area contributed by atoms with E-state index in [1.807, 2.05) is 83.1 Å². The van der Waals surface area contributed by atoms with E-state index in [0.717, 1.165) is 0 Å². The van der Waals surface area contributed by atoms with Crippen LogP contribution in [-0.4, -0.2) is 146 Å². The molecule has 356 valence electrons. The first-order valence-electron chi connectivity index (χ1n) is 18.6. The van der Waals surface area contributed by atoms with Gasteiger partial charge < -0.3 is 19.2 Å². The maximum atomic E-state index is 12.2. The van der Waals surface area contributed by atoms with E-state index in [0.29, 0.717) is 0 Å². The van der Waals surface area contributed by atoms with Crippen LogP contribution in [0.5, 0.6) is 0 Å². The third-order valence-electron chi connectivity index (χ3n) is 6.66. The predicted octanol–water partition coefficient (Wildman–Crippen LogP) is 2.82. The van der Waals surface area contributed by atoms with Gasteiger partial charge in [0.15, 0.2) is 0 Å². The van der Waals surface area contributed by atoms with Crippen LogP contribution >= 0.6 is 7.82 Å². The number of phosphoric acid groups is 1. The number of rotatable bonds is 18. The molecule has 0 aliphatic carbocycles. The molecule has 0 rings (SSSR count). The lowest BCUT2D eigenvalue weighted by molar-refractivity contribution is -0.591. The van der Waals surface area contributed by atoms with E-state index in [1.54, 1.807) is 13.7 Å². The molecule has 0 aliphatic rings. The minimum Gasteiger partial charge on any atom is -0.822 e. The summed E-state index contributed by atoms with van der Waals surface area (Å²) in [5, 5.41) is 14.9. The largest absolute Gasteiger partial charge is 0.822 e. The van der Waals surface area contributed by atoms with Gasteiger partial charge in [0, 0.05) is 0 Å². The van der Waals surface area contributed by atoms with Crippen LogP contribution in [0.3, 0.4) is 0 Å². The van der Waals surface area contributed by atoms with E-state index >= 15 is 0 Å². The third-order valence-corrected chi connectivity index (χ3v) is 6.66. The summed E-state index contributed by atoms with van der Waals surface area (Å²) >= 11 is 0. The van der Waals surface area contributed by atoms with Gasteiger partial charge in [0.05, 0.1) is 36.3 Å². The first-order chi connectivity index (χ1) is 26.8. The average molecular weight is 912 g/mol. The van der Waals surface area contributed by atoms with Gasteiger partial charge in [-0.3, -0.25) is 45.6 Å². The van der Waals surface area contributed by atoms with Crippen molar-refractivity contribution in [2.24, 2.45) is 0 Å². The molecule has 0 aliphatic heterocycles. The normalized spacial score (nSPS) is 11.6. The van der Waals surface area contributed by atoms with Crippen molar-refractivity contribution >= 4 is 25.7 Å². The van der Waals surface area contributed by atoms with Gasteiger partial charge in [0.1, 0.15) is 39.3 Å². The maximum absolute atomic E-state index is 12.2. The van der Waals surface area contributed by atoms with E-state index in [4.69, 9.17) is 19.2 Å². The minimum absolute atomic E-state index is 0.00958. The molecule has 0 aromatic carbocycles. The van der Waals surface area contributed by atoms with Gasteiger partial charge in [0.2, 0.25) is 0 Å². The van der Waals surface area contributed by atoms with E-state index in [-0.39, 0.29) is 54.1 Å². The van der Waals surface area contributed by atoms with Crippen LogP contribution in [0.2, 0.25) is 0 Å². The summed E-state index contributed by atoms with van der Waals surface area (Å²) < 4.78 is 160. The van der Waals surface area contributed by atoms with Crippen molar-refractivity contribution < 1.29 is 85.7 Å². The summed E-state index contributed by atoms with van der Waals surface area (Å²) in [6.07, 6.45) is -15.2. The fourth-order valence-electron chi connectivity index (χ4n) is 5.12. The molecular formula is C33H66F12N9O4P. The monoisotopic (exact) mass is 911 g/mol. The Kier molecular flexibility index (Phi) is 35.9. The smallest absolute Gasteiger partial charge is 0.346 e. The number of halogens is 12. The summed E-state index contributed by atoms with van der Waals surface area (Å²) in [6, 6.07) is 0.0575. The van der Waals surface area contributed by atoms with Crippen LogP contribution in [0.15, 0.2) is 0 Å². The van der Waals surface area contributed by atoms with Crippen molar-refractivity contribution in [3.63, 3.8) is 0 Å². The molecule has 0 spiro atoms. The summed E-state index contributed by atoms with van der Waals surface area (Å²) in [7, 11) is -5.39. The molecule has 0 unspecified atom stereocenters. The quantitative estimate of drug-likeness (QED) is 0.0396. The molecule has 13 nitrogen and oxygen atoms in total. The second-order valence-corrected chi connectivity index (χ2v) is 14.8. The molecule has 0 amide bonds. The molecule has 0 aromatic rings. The predicted molar refractivity (Wildman–Crippen MR) is 198 cm³/mol. The Hall–Kier alpha value is -2.92. The highest BCUT2D eigenvalue weighted by atomic mass is 31.2. The Labute approximate surface area is 340 Å². The summed E-state index contributed by atoms with van der Waals surface area (Å²) in [6.45, 7) is 19.0. The number of nitrogens with zero attached hydrogens (tertiary/aromatic N) is 3. The minimum atomic E-state index is -5.39. The van der Waals surface area contributed by atoms with Gasteiger partial charge in [-0.15, -0.1) is 0 Å². The standard InChI is InChI=1S/3C11H21F4N3.H3O4P/c3*1-7(2)18(8(3)4)11(16-5-9(12)13)17-6-10(14)15;1-5(2,3)4/h3*7-10H,5-6H2,1-4H3,(H,16,17);(H3,1,2,3,4). The highest BCUT2D eigenvalue weighted by Crippen LogP contribution is 2.04.